The maximum Gasteiger partial charge on any atom is 0.273 e. The zero-order chi connectivity index (χ0) is 15.4. The zero-order valence-corrected chi connectivity index (χ0v) is 12.1. The van der Waals surface area contributed by atoms with Crippen LogP contribution in [0.25, 0.3) is 0 Å². The topological polar surface area (TPSA) is 81.4 Å². The molecule has 0 radical (unpaired) electrons. The minimum atomic E-state index is -3.99. The highest BCUT2D eigenvalue weighted by Gasteiger charge is 2.29. The average molecular weight is 308 g/mol. The Labute approximate surface area is 117 Å². The number of ether oxygens (including phenoxy) is 1. The molecule has 0 saturated carbocycles. The van der Waals surface area contributed by atoms with E-state index in [1.54, 1.807) is 0 Å². The average Bonchev–Trinajstić information content (AvgIpc) is 2.37. The summed E-state index contributed by atoms with van der Waals surface area (Å²) in [6.07, 6.45) is -0.0428. The van der Waals surface area contributed by atoms with Gasteiger partial charge in [0.1, 0.15) is 5.75 Å². The van der Waals surface area contributed by atoms with Crippen LogP contribution in [0.4, 0.5) is 8.78 Å². The number of rotatable bonds is 7. The van der Waals surface area contributed by atoms with E-state index in [1.165, 1.54) is 24.3 Å². The number of hydrogen-bond donors (Lipinski definition) is 2. The number of benzene rings is 1. The predicted molar refractivity (Wildman–Crippen MR) is 71.4 cm³/mol. The Balaban J connectivity index is 2.78. The van der Waals surface area contributed by atoms with Gasteiger partial charge in [0.2, 0.25) is 10.0 Å². The van der Waals surface area contributed by atoms with E-state index in [4.69, 9.17) is 10.5 Å². The van der Waals surface area contributed by atoms with E-state index in [1.807, 2.05) is 18.6 Å². The second-order valence-electron chi connectivity index (χ2n) is 4.52. The molecule has 20 heavy (non-hydrogen) atoms. The third-order valence-electron chi connectivity index (χ3n) is 2.33. The largest absolute Gasteiger partial charge is 0.491 e. The van der Waals surface area contributed by atoms with E-state index >= 15 is 0 Å². The second kappa shape index (κ2) is 6.47. The van der Waals surface area contributed by atoms with Gasteiger partial charge in [0, 0.05) is 0 Å². The maximum absolute atomic E-state index is 12.9. The summed E-state index contributed by atoms with van der Waals surface area (Å²) >= 11 is 0. The van der Waals surface area contributed by atoms with Crippen LogP contribution in [0.3, 0.4) is 0 Å². The van der Waals surface area contributed by atoms with Crippen LogP contribution in [0.15, 0.2) is 29.2 Å². The summed E-state index contributed by atoms with van der Waals surface area (Å²) in [6, 6.07) is 5.52. The van der Waals surface area contributed by atoms with Gasteiger partial charge in [0.25, 0.3) is 5.92 Å². The molecule has 5 nitrogen and oxygen atoms in total. The van der Waals surface area contributed by atoms with Crippen molar-refractivity contribution in [3.05, 3.63) is 24.3 Å². The van der Waals surface area contributed by atoms with E-state index in [-0.39, 0.29) is 11.0 Å². The molecule has 1 aromatic rings. The third kappa shape index (κ3) is 5.03. The molecule has 0 spiro atoms. The molecule has 0 fully saturated rings. The van der Waals surface area contributed by atoms with Gasteiger partial charge >= 0.3 is 0 Å². The minimum Gasteiger partial charge on any atom is -0.491 e. The van der Waals surface area contributed by atoms with Crippen molar-refractivity contribution in [3.63, 3.8) is 0 Å². The van der Waals surface area contributed by atoms with Gasteiger partial charge in [0.05, 0.1) is 24.1 Å². The summed E-state index contributed by atoms with van der Waals surface area (Å²) in [4.78, 5) is -0.110. The summed E-state index contributed by atoms with van der Waals surface area (Å²) in [5.41, 5.74) is 4.84. The van der Waals surface area contributed by atoms with E-state index in [0.717, 1.165) is 0 Å². The molecule has 0 saturated heterocycles. The highest BCUT2D eigenvalue weighted by Crippen LogP contribution is 2.18. The maximum atomic E-state index is 12.9. The van der Waals surface area contributed by atoms with Gasteiger partial charge < -0.3 is 10.5 Å². The van der Waals surface area contributed by atoms with Crippen molar-refractivity contribution in [1.29, 1.82) is 0 Å². The molecule has 0 aliphatic heterocycles. The Morgan fingerprint density at radius 1 is 1.30 bits per heavy atom. The van der Waals surface area contributed by atoms with Crippen LogP contribution in [0.2, 0.25) is 0 Å². The summed E-state index contributed by atoms with van der Waals surface area (Å²) < 4.78 is 56.7. The lowest BCUT2D eigenvalue weighted by molar-refractivity contribution is 0.0170. The first-order valence-electron chi connectivity index (χ1n) is 6.00. The van der Waals surface area contributed by atoms with Gasteiger partial charge in [-0.2, -0.15) is 0 Å². The van der Waals surface area contributed by atoms with Crippen LogP contribution >= 0.6 is 0 Å². The fourth-order valence-electron chi connectivity index (χ4n) is 1.33. The molecule has 0 bridgehead atoms. The third-order valence-corrected chi connectivity index (χ3v) is 3.74. The molecule has 0 unspecified atom stereocenters. The second-order valence-corrected chi connectivity index (χ2v) is 6.29. The Morgan fingerprint density at radius 2 is 1.85 bits per heavy atom. The van der Waals surface area contributed by atoms with Crippen LogP contribution in [-0.2, 0) is 10.0 Å². The molecule has 1 rings (SSSR count). The van der Waals surface area contributed by atoms with E-state index in [0.29, 0.717) is 5.75 Å². The normalized spacial score (nSPS) is 12.7. The van der Waals surface area contributed by atoms with Crippen LogP contribution in [0, 0.1) is 0 Å². The molecule has 0 aliphatic carbocycles. The van der Waals surface area contributed by atoms with Crippen molar-refractivity contribution >= 4 is 10.0 Å². The van der Waals surface area contributed by atoms with Crippen LogP contribution < -0.4 is 15.2 Å². The molecule has 1 aromatic carbocycles. The highest BCUT2D eigenvalue weighted by atomic mass is 32.2. The Hall–Kier alpha value is -1.25. The summed E-state index contributed by atoms with van der Waals surface area (Å²) in [5.74, 6) is -2.76. The van der Waals surface area contributed by atoms with E-state index in [2.05, 4.69) is 0 Å². The molecule has 0 heterocycles. The molecular formula is C12H18F2N2O3S. The molecule has 3 N–H and O–H groups in total. The zero-order valence-electron chi connectivity index (χ0n) is 11.3. The van der Waals surface area contributed by atoms with Crippen molar-refractivity contribution < 1.29 is 21.9 Å². The Kier molecular flexibility index (Phi) is 5.43. The summed E-state index contributed by atoms with van der Waals surface area (Å²) in [7, 11) is -3.99. The van der Waals surface area contributed by atoms with Crippen molar-refractivity contribution in [1.82, 2.24) is 4.72 Å². The molecule has 8 heteroatoms. The first-order chi connectivity index (χ1) is 9.16. The quantitative estimate of drug-likeness (QED) is 0.796. The highest BCUT2D eigenvalue weighted by molar-refractivity contribution is 7.89. The number of alkyl halides is 2. The van der Waals surface area contributed by atoms with Crippen molar-refractivity contribution in [2.24, 2.45) is 5.73 Å². The lowest BCUT2D eigenvalue weighted by Crippen LogP contribution is -2.41. The number of sulfonamides is 1. The molecular weight excluding hydrogens is 290 g/mol. The van der Waals surface area contributed by atoms with Crippen LogP contribution in [-0.4, -0.2) is 33.5 Å². The van der Waals surface area contributed by atoms with Crippen LogP contribution in [0.1, 0.15) is 13.8 Å². The monoisotopic (exact) mass is 308 g/mol. The lowest BCUT2D eigenvalue weighted by Gasteiger charge is -2.15. The van der Waals surface area contributed by atoms with Crippen molar-refractivity contribution in [2.75, 3.05) is 13.1 Å². The van der Waals surface area contributed by atoms with Crippen molar-refractivity contribution in [3.8, 4) is 5.75 Å². The predicted octanol–water partition coefficient (Wildman–Crippen LogP) is 1.35. The Bertz CT molecular complexity index is 530. The number of nitrogens with two attached hydrogens (primary N) is 1. The molecule has 114 valence electrons. The number of hydrogen-bond acceptors (Lipinski definition) is 4. The van der Waals surface area contributed by atoms with Gasteiger partial charge in [-0.05, 0) is 38.1 Å². The molecule has 0 aromatic heterocycles. The SMILES string of the molecule is CC(C)Oc1ccc(S(=O)(=O)NCC(F)(F)CN)cc1. The number of nitrogens with one attached hydrogen (secondary N) is 1. The Morgan fingerprint density at radius 3 is 2.30 bits per heavy atom. The van der Waals surface area contributed by atoms with Crippen LogP contribution in [0.5, 0.6) is 5.75 Å². The molecule has 0 atom stereocenters. The first kappa shape index (κ1) is 16.8. The first-order valence-corrected chi connectivity index (χ1v) is 7.49. The van der Waals surface area contributed by atoms with Gasteiger partial charge in [-0.3, -0.25) is 0 Å². The molecule has 0 amide bonds. The van der Waals surface area contributed by atoms with Gasteiger partial charge in [-0.25, -0.2) is 21.9 Å². The lowest BCUT2D eigenvalue weighted by atomic mass is 10.3. The summed E-state index contributed by atoms with van der Waals surface area (Å²) in [5, 5.41) is 0. The minimum absolute atomic E-state index is 0.0428. The van der Waals surface area contributed by atoms with Crippen molar-refractivity contribution in [2.45, 2.75) is 30.8 Å². The summed E-state index contributed by atoms with van der Waals surface area (Å²) in [6.45, 7) is 1.72. The smallest absolute Gasteiger partial charge is 0.273 e. The number of halogens is 2. The van der Waals surface area contributed by atoms with E-state index < -0.39 is 29.0 Å². The van der Waals surface area contributed by atoms with Gasteiger partial charge in [-0.15, -0.1) is 0 Å². The standard InChI is InChI=1S/C12H18F2N2O3S/c1-9(2)19-10-3-5-11(6-4-10)20(17,18)16-8-12(13,14)7-15/h3-6,9,16H,7-8,15H2,1-2H3. The fourth-order valence-corrected chi connectivity index (χ4v) is 2.39. The molecule has 0 aliphatic rings. The fraction of sp³-hybridized carbons (Fsp3) is 0.500. The van der Waals surface area contributed by atoms with Gasteiger partial charge in [-0.1, -0.05) is 0 Å². The van der Waals surface area contributed by atoms with E-state index in [9.17, 15) is 17.2 Å². The van der Waals surface area contributed by atoms with Gasteiger partial charge in [0.15, 0.2) is 0 Å².